The van der Waals surface area contributed by atoms with Gasteiger partial charge in [-0.1, -0.05) is 23.9 Å². The highest BCUT2D eigenvalue weighted by molar-refractivity contribution is 7.98. The van der Waals surface area contributed by atoms with E-state index < -0.39 is 0 Å². The number of nitrogen functional groups attached to an aromatic ring is 1. The van der Waals surface area contributed by atoms with E-state index in [1.165, 1.54) is 10.5 Å². The molecule has 1 aromatic heterocycles. The van der Waals surface area contributed by atoms with Crippen LogP contribution in [-0.2, 0) is 12.8 Å². The van der Waals surface area contributed by atoms with Crippen molar-refractivity contribution in [2.75, 3.05) is 12.0 Å². The standard InChI is InChI=1S/C11H14N4S2/c1-15-10(12)13-14-11(15)17-7-8-3-5-9(16-2)6-4-8/h3-6H,7H2,1-2H3,(H2,12,13). The lowest BCUT2D eigenvalue weighted by molar-refractivity contribution is 0.796. The van der Waals surface area contributed by atoms with Crippen molar-refractivity contribution in [1.29, 1.82) is 0 Å². The first-order chi connectivity index (χ1) is 8.20. The van der Waals surface area contributed by atoms with E-state index in [9.17, 15) is 0 Å². The van der Waals surface area contributed by atoms with Crippen molar-refractivity contribution in [1.82, 2.24) is 14.8 Å². The van der Waals surface area contributed by atoms with E-state index in [-0.39, 0.29) is 0 Å². The fourth-order valence-electron chi connectivity index (χ4n) is 1.32. The third kappa shape index (κ3) is 2.95. The third-order valence-corrected chi connectivity index (χ3v) is 4.23. The van der Waals surface area contributed by atoms with Crippen LogP contribution in [0.25, 0.3) is 0 Å². The summed E-state index contributed by atoms with van der Waals surface area (Å²) in [6, 6.07) is 8.54. The average Bonchev–Trinajstić information content (AvgIpc) is 2.68. The molecule has 0 atom stereocenters. The molecule has 0 bridgehead atoms. The molecule has 0 radical (unpaired) electrons. The summed E-state index contributed by atoms with van der Waals surface area (Å²) in [5.74, 6) is 1.32. The van der Waals surface area contributed by atoms with Crippen LogP contribution in [0.15, 0.2) is 34.3 Å². The van der Waals surface area contributed by atoms with E-state index >= 15 is 0 Å². The summed E-state index contributed by atoms with van der Waals surface area (Å²) in [6.45, 7) is 0. The quantitative estimate of drug-likeness (QED) is 0.861. The van der Waals surface area contributed by atoms with E-state index in [2.05, 4.69) is 40.7 Å². The largest absolute Gasteiger partial charge is 0.368 e. The number of benzene rings is 1. The molecule has 2 aromatic rings. The summed E-state index contributed by atoms with van der Waals surface area (Å²) >= 11 is 3.38. The zero-order chi connectivity index (χ0) is 12.3. The molecule has 0 amide bonds. The van der Waals surface area contributed by atoms with Gasteiger partial charge in [0.05, 0.1) is 0 Å². The first-order valence-corrected chi connectivity index (χ1v) is 7.32. The monoisotopic (exact) mass is 266 g/mol. The van der Waals surface area contributed by atoms with Gasteiger partial charge in [0.15, 0.2) is 5.16 Å². The number of aromatic nitrogens is 3. The smallest absolute Gasteiger partial charge is 0.222 e. The summed E-state index contributed by atoms with van der Waals surface area (Å²) in [5, 5.41) is 8.68. The minimum atomic E-state index is 0.449. The van der Waals surface area contributed by atoms with Gasteiger partial charge in [0.2, 0.25) is 5.95 Å². The van der Waals surface area contributed by atoms with Crippen molar-refractivity contribution >= 4 is 29.5 Å². The predicted octanol–water partition coefficient (Wildman–Crippen LogP) is 2.41. The highest BCUT2D eigenvalue weighted by Gasteiger charge is 2.06. The molecule has 17 heavy (non-hydrogen) atoms. The summed E-state index contributed by atoms with van der Waals surface area (Å²) in [5.41, 5.74) is 6.89. The molecule has 0 saturated heterocycles. The van der Waals surface area contributed by atoms with Crippen LogP contribution in [0.1, 0.15) is 5.56 Å². The van der Waals surface area contributed by atoms with E-state index in [1.807, 2.05) is 7.05 Å². The Hall–Kier alpha value is -1.14. The number of nitrogens with zero attached hydrogens (tertiary/aromatic N) is 3. The lowest BCUT2D eigenvalue weighted by Crippen LogP contribution is -1.98. The van der Waals surface area contributed by atoms with Gasteiger partial charge in [-0.15, -0.1) is 22.0 Å². The van der Waals surface area contributed by atoms with Gasteiger partial charge in [-0.05, 0) is 24.0 Å². The van der Waals surface area contributed by atoms with Crippen LogP contribution in [0.3, 0.4) is 0 Å². The molecular weight excluding hydrogens is 252 g/mol. The Bertz CT molecular complexity index is 493. The number of hydrogen-bond acceptors (Lipinski definition) is 5. The fraction of sp³-hybridized carbons (Fsp3) is 0.273. The Morgan fingerprint density at radius 3 is 2.47 bits per heavy atom. The minimum Gasteiger partial charge on any atom is -0.368 e. The van der Waals surface area contributed by atoms with E-state index in [0.29, 0.717) is 5.95 Å². The van der Waals surface area contributed by atoms with Gasteiger partial charge >= 0.3 is 0 Å². The molecule has 0 aliphatic carbocycles. The molecule has 90 valence electrons. The van der Waals surface area contributed by atoms with Gasteiger partial charge in [0, 0.05) is 17.7 Å². The summed E-state index contributed by atoms with van der Waals surface area (Å²) in [7, 11) is 1.87. The van der Waals surface area contributed by atoms with Crippen LogP contribution in [0.2, 0.25) is 0 Å². The van der Waals surface area contributed by atoms with Crippen LogP contribution < -0.4 is 5.73 Å². The summed E-state index contributed by atoms with van der Waals surface area (Å²) in [6.07, 6.45) is 2.08. The van der Waals surface area contributed by atoms with Crippen molar-refractivity contribution in [2.24, 2.45) is 7.05 Å². The van der Waals surface area contributed by atoms with E-state index in [1.54, 1.807) is 28.1 Å². The topological polar surface area (TPSA) is 56.7 Å². The van der Waals surface area contributed by atoms with Gasteiger partial charge < -0.3 is 5.73 Å². The summed E-state index contributed by atoms with van der Waals surface area (Å²) in [4.78, 5) is 1.28. The Morgan fingerprint density at radius 1 is 1.24 bits per heavy atom. The van der Waals surface area contributed by atoms with Crippen molar-refractivity contribution < 1.29 is 0 Å². The molecule has 0 spiro atoms. The van der Waals surface area contributed by atoms with Crippen LogP contribution in [0.4, 0.5) is 5.95 Å². The fourth-order valence-corrected chi connectivity index (χ4v) is 2.60. The third-order valence-electron chi connectivity index (χ3n) is 2.40. The van der Waals surface area contributed by atoms with Gasteiger partial charge in [0.25, 0.3) is 0 Å². The van der Waals surface area contributed by atoms with Crippen LogP contribution in [-0.4, -0.2) is 21.0 Å². The van der Waals surface area contributed by atoms with Crippen LogP contribution in [0, 0.1) is 0 Å². The molecule has 4 nitrogen and oxygen atoms in total. The molecule has 6 heteroatoms. The molecule has 0 saturated carbocycles. The molecule has 0 aliphatic heterocycles. The SMILES string of the molecule is CSc1ccc(CSc2nnc(N)n2C)cc1. The second-order valence-corrected chi connectivity index (χ2v) is 5.36. The van der Waals surface area contributed by atoms with Crippen molar-refractivity contribution in [2.45, 2.75) is 15.8 Å². The molecular formula is C11H14N4S2. The van der Waals surface area contributed by atoms with Gasteiger partial charge in [-0.2, -0.15) is 0 Å². The van der Waals surface area contributed by atoms with Crippen LogP contribution >= 0.6 is 23.5 Å². The number of anilines is 1. The molecule has 0 unspecified atom stereocenters. The lowest BCUT2D eigenvalue weighted by Gasteiger charge is -2.02. The molecule has 1 heterocycles. The normalized spacial score (nSPS) is 10.7. The summed E-state index contributed by atoms with van der Waals surface area (Å²) < 4.78 is 1.79. The second kappa shape index (κ2) is 5.46. The molecule has 0 fully saturated rings. The number of nitrogens with two attached hydrogens (primary N) is 1. The highest BCUT2D eigenvalue weighted by atomic mass is 32.2. The van der Waals surface area contributed by atoms with Gasteiger partial charge in [-0.25, -0.2) is 0 Å². The first-order valence-electron chi connectivity index (χ1n) is 5.11. The Kier molecular flexibility index (Phi) is 3.96. The maximum Gasteiger partial charge on any atom is 0.222 e. The van der Waals surface area contributed by atoms with Crippen LogP contribution in [0.5, 0.6) is 0 Å². The minimum absolute atomic E-state index is 0.449. The van der Waals surface area contributed by atoms with Gasteiger partial charge in [0.1, 0.15) is 0 Å². The maximum atomic E-state index is 5.62. The number of thioether (sulfide) groups is 2. The van der Waals surface area contributed by atoms with E-state index in [4.69, 9.17) is 5.73 Å². The van der Waals surface area contributed by atoms with Crippen molar-refractivity contribution in [3.63, 3.8) is 0 Å². The van der Waals surface area contributed by atoms with Crippen molar-refractivity contribution in [3.05, 3.63) is 29.8 Å². The Morgan fingerprint density at radius 2 is 1.94 bits per heavy atom. The second-order valence-electron chi connectivity index (χ2n) is 3.54. The number of rotatable bonds is 4. The highest BCUT2D eigenvalue weighted by Crippen LogP contribution is 2.23. The number of hydrogen-bond donors (Lipinski definition) is 1. The Balaban J connectivity index is 2.00. The lowest BCUT2D eigenvalue weighted by atomic mass is 10.2. The molecule has 0 aliphatic rings. The zero-order valence-electron chi connectivity index (χ0n) is 9.75. The molecule has 1 aromatic carbocycles. The molecule has 2 N–H and O–H groups in total. The van der Waals surface area contributed by atoms with E-state index in [0.717, 1.165) is 10.9 Å². The maximum absolute atomic E-state index is 5.62. The Labute approximate surface area is 109 Å². The zero-order valence-corrected chi connectivity index (χ0v) is 11.4. The first kappa shape index (κ1) is 12.3. The average molecular weight is 266 g/mol. The predicted molar refractivity (Wildman–Crippen MR) is 73.2 cm³/mol. The molecule has 2 rings (SSSR count). The van der Waals surface area contributed by atoms with Crippen molar-refractivity contribution in [3.8, 4) is 0 Å². The van der Waals surface area contributed by atoms with Gasteiger partial charge in [-0.3, -0.25) is 4.57 Å².